The van der Waals surface area contributed by atoms with Gasteiger partial charge in [0.25, 0.3) is 5.56 Å². The predicted octanol–water partition coefficient (Wildman–Crippen LogP) is 2.70. The lowest BCUT2D eigenvalue weighted by Gasteiger charge is -2.33. The maximum Gasteiger partial charge on any atom is 0.267 e. The lowest BCUT2D eigenvalue weighted by molar-refractivity contribution is -0.134. The molecule has 1 amide bonds. The van der Waals surface area contributed by atoms with E-state index in [1.807, 2.05) is 0 Å². The summed E-state index contributed by atoms with van der Waals surface area (Å²) in [5.41, 5.74) is 1.15. The molecule has 0 aliphatic carbocycles. The molecular weight excluding hydrogens is 352 g/mol. The quantitative estimate of drug-likeness (QED) is 0.807. The van der Waals surface area contributed by atoms with Gasteiger partial charge in [0.15, 0.2) is 11.6 Å². The fourth-order valence-corrected chi connectivity index (χ4v) is 3.49. The summed E-state index contributed by atoms with van der Waals surface area (Å²) >= 11 is 0. The molecule has 0 N–H and O–H groups in total. The second-order valence-electron chi connectivity index (χ2n) is 7.11. The highest BCUT2D eigenvalue weighted by atomic mass is 19.2. The molecule has 0 unspecified atom stereocenters. The maximum atomic E-state index is 13.3. The molecule has 1 aromatic carbocycles. The molecule has 3 rings (SSSR count). The van der Waals surface area contributed by atoms with Gasteiger partial charge in [0.05, 0.1) is 5.69 Å². The molecule has 144 valence electrons. The van der Waals surface area contributed by atoms with Crippen LogP contribution in [0.1, 0.15) is 30.5 Å². The van der Waals surface area contributed by atoms with E-state index in [0.29, 0.717) is 31.1 Å². The van der Waals surface area contributed by atoms with Gasteiger partial charge in [-0.2, -0.15) is 5.10 Å². The summed E-state index contributed by atoms with van der Waals surface area (Å²) in [6, 6.07) is 7.01. The summed E-state index contributed by atoms with van der Waals surface area (Å²) < 4.78 is 27.5. The standard InChI is InChI=1S/C20H23F2N3O2/c1-14-4-9-19(26)25(23-14)13-20(27)24-10-2-3-16(12-24)6-5-15-7-8-17(21)18(22)11-15/h4,7-9,11,16H,2-3,5-6,10,12-13H2,1H3/t16-/m1/s1. The Labute approximate surface area is 156 Å². The molecule has 7 heteroatoms. The van der Waals surface area contributed by atoms with Gasteiger partial charge in [0.2, 0.25) is 5.91 Å². The number of rotatable bonds is 5. The molecule has 0 spiro atoms. The third-order valence-corrected chi connectivity index (χ3v) is 4.98. The van der Waals surface area contributed by atoms with Crippen LogP contribution >= 0.6 is 0 Å². The van der Waals surface area contributed by atoms with Crippen LogP contribution in [0.3, 0.4) is 0 Å². The van der Waals surface area contributed by atoms with E-state index < -0.39 is 11.6 Å². The van der Waals surface area contributed by atoms with Gasteiger partial charge < -0.3 is 4.90 Å². The molecule has 0 bridgehead atoms. The topological polar surface area (TPSA) is 55.2 Å². The first-order chi connectivity index (χ1) is 12.9. The Morgan fingerprint density at radius 2 is 2.04 bits per heavy atom. The van der Waals surface area contributed by atoms with Crippen molar-refractivity contribution in [3.8, 4) is 0 Å². The van der Waals surface area contributed by atoms with Crippen molar-refractivity contribution in [2.24, 2.45) is 5.92 Å². The molecule has 1 fully saturated rings. The lowest BCUT2D eigenvalue weighted by atomic mass is 9.91. The summed E-state index contributed by atoms with van der Waals surface area (Å²) in [4.78, 5) is 26.2. The average molecular weight is 375 g/mol. The van der Waals surface area contributed by atoms with Crippen LogP contribution in [0.2, 0.25) is 0 Å². The number of halogens is 2. The molecule has 2 heterocycles. The third kappa shape index (κ3) is 4.99. The van der Waals surface area contributed by atoms with Gasteiger partial charge >= 0.3 is 0 Å². The first kappa shape index (κ1) is 19.2. The second-order valence-corrected chi connectivity index (χ2v) is 7.11. The highest BCUT2D eigenvalue weighted by Gasteiger charge is 2.24. The van der Waals surface area contributed by atoms with Crippen LogP contribution in [-0.2, 0) is 17.8 Å². The molecule has 1 aliphatic rings. The van der Waals surface area contributed by atoms with Gasteiger partial charge in [-0.3, -0.25) is 9.59 Å². The van der Waals surface area contributed by atoms with Gasteiger partial charge in [-0.1, -0.05) is 6.07 Å². The minimum atomic E-state index is -0.840. The van der Waals surface area contributed by atoms with Crippen LogP contribution in [0.15, 0.2) is 35.1 Å². The van der Waals surface area contributed by atoms with Crippen molar-refractivity contribution in [3.63, 3.8) is 0 Å². The molecule has 2 aromatic rings. The van der Waals surface area contributed by atoms with Crippen molar-refractivity contribution in [1.82, 2.24) is 14.7 Å². The Morgan fingerprint density at radius 3 is 2.81 bits per heavy atom. The normalized spacial score (nSPS) is 17.1. The predicted molar refractivity (Wildman–Crippen MR) is 97.2 cm³/mol. The molecule has 1 aliphatic heterocycles. The summed E-state index contributed by atoms with van der Waals surface area (Å²) in [6.45, 7) is 3.00. The van der Waals surface area contributed by atoms with E-state index in [1.165, 1.54) is 16.8 Å². The number of carbonyl (C=O) groups excluding carboxylic acids is 1. The molecule has 0 saturated carbocycles. The van der Waals surface area contributed by atoms with Gasteiger partial charge in [-0.05, 0) is 62.3 Å². The second kappa shape index (κ2) is 8.41. The van der Waals surface area contributed by atoms with E-state index in [1.54, 1.807) is 24.0 Å². The molecule has 1 atom stereocenters. The lowest BCUT2D eigenvalue weighted by Crippen LogP contribution is -2.43. The number of likely N-dealkylation sites (tertiary alicyclic amines) is 1. The molecular formula is C20H23F2N3O2. The average Bonchev–Trinajstić information content (AvgIpc) is 2.66. The van der Waals surface area contributed by atoms with Crippen molar-refractivity contribution in [2.45, 2.75) is 39.2 Å². The molecule has 5 nitrogen and oxygen atoms in total. The number of hydrogen-bond donors (Lipinski definition) is 0. The zero-order valence-electron chi connectivity index (χ0n) is 15.3. The number of piperidine rings is 1. The zero-order chi connectivity index (χ0) is 19.4. The Balaban J connectivity index is 1.56. The largest absolute Gasteiger partial charge is 0.341 e. The van der Waals surface area contributed by atoms with Crippen LogP contribution < -0.4 is 5.56 Å². The highest BCUT2D eigenvalue weighted by Crippen LogP contribution is 2.22. The molecule has 1 saturated heterocycles. The van der Waals surface area contributed by atoms with Crippen LogP contribution in [-0.4, -0.2) is 33.7 Å². The van der Waals surface area contributed by atoms with Crippen LogP contribution in [0.25, 0.3) is 0 Å². The van der Waals surface area contributed by atoms with Crippen molar-refractivity contribution in [2.75, 3.05) is 13.1 Å². The van der Waals surface area contributed by atoms with Crippen molar-refractivity contribution >= 4 is 5.91 Å². The van der Waals surface area contributed by atoms with Crippen LogP contribution in [0, 0.1) is 24.5 Å². The molecule has 1 aromatic heterocycles. The Hall–Kier alpha value is -2.57. The van der Waals surface area contributed by atoms with Gasteiger partial charge in [0.1, 0.15) is 6.54 Å². The number of amides is 1. The van der Waals surface area contributed by atoms with E-state index in [2.05, 4.69) is 5.10 Å². The zero-order valence-corrected chi connectivity index (χ0v) is 15.3. The van der Waals surface area contributed by atoms with Crippen LogP contribution in [0.4, 0.5) is 8.78 Å². The van der Waals surface area contributed by atoms with Gasteiger partial charge in [0, 0.05) is 19.2 Å². The van der Waals surface area contributed by atoms with Crippen molar-refractivity contribution in [3.05, 3.63) is 63.6 Å². The highest BCUT2D eigenvalue weighted by molar-refractivity contribution is 5.76. The summed E-state index contributed by atoms with van der Waals surface area (Å²) in [5.74, 6) is -1.48. The van der Waals surface area contributed by atoms with Crippen molar-refractivity contribution < 1.29 is 13.6 Å². The number of aryl methyl sites for hydroxylation is 2. The van der Waals surface area contributed by atoms with E-state index in [4.69, 9.17) is 0 Å². The Bertz CT molecular complexity index is 882. The minimum Gasteiger partial charge on any atom is -0.341 e. The first-order valence-corrected chi connectivity index (χ1v) is 9.19. The number of benzene rings is 1. The van der Waals surface area contributed by atoms with E-state index in [9.17, 15) is 18.4 Å². The van der Waals surface area contributed by atoms with Crippen LogP contribution in [0.5, 0.6) is 0 Å². The molecule has 0 radical (unpaired) electrons. The fraction of sp³-hybridized carbons (Fsp3) is 0.450. The number of carbonyl (C=O) groups is 1. The van der Waals surface area contributed by atoms with Crippen molar-refractivity contribution in [1.29, 1.82) is 0 Å². The van der Waals surface area contributed by atoms with E-state index in [0.717, 1.165) is 30.9 Å². The van der Waals surface area contributed by atoms with Gasteiger partial charge in [-0.15, -0.1) is 0 Å². The third-order valence-electron chi connectivity index (χ3n) is 4.98. The van der Waals surface area contributed by atoms with E-state index >= 15 is 0 Å². The first-order valence-electron chi connectivity index (χ1n) is 9.19. The SMILES string of the molecule is Cc1ccc(=O)n(CC(=O)N2CCC[C@H](CCc3ccc(F)c(F)c3)C2)n1. The molecule has 27 heavy (non-hydrogen) atoms. The van der Waals surface area contributed by atoms with E-state index in [-0.39, 0.29) is 18.0 Å². The summed E-state index contributed by atoms with van der Waals surface area (Å²) in [5, 5.41) is 4.11. The van der Waals surface area contributed by atoms with Gasteiger partial charge in [-0.25, -0.2) is 13.5 Å². The Kier molecular flexibility index (Phi) is 5.98. The Morgan fingerprint density at radius 1 is 1.22 bits per heavy atom. The summed E-state index contributed by atoms with van der Waals surface area (Å²) in [7, 11) is 0. The fourth-order valence-electron chi connectivity index (χ4n) is 3.49. The number of hydrogen-bond acceptors (Lipinski definition) is 3. The number of aromatic nitrogens is 2. The summed E-state index contributed by atoms with van der Waals surface area (Å²) in [6.07, 6.45) is 3.33. The monoisotopic (exact) mass is 375 g/mol. The maximum absolute atomic E-state index is 13.3. The minimum absolute atomic E-state index is 0.0591. The number of nitrogens with zero attached hydrogens (tertiary/aromatic N) is 3. The smallest absolute Gasteiger partial charge is 0.267 e.